The number of aromatic hydroxyl groups is 1. The summed E-state index contributed by atoms with van der Waals surface area (Å²) < 4.78 is 24.0. The first-order valence-corrected chi connectivity index (χ1v) is 6.96. The Labute approximate surface area is 95.2 Å². The molecule has 0 aliphatic carbocycles. The molecule has 0 spiro atoms. The lowest BCUT2D eigenvalue weighted by Crippen LogP contribution is -2.18. The molecular formula is C11H15NO3S. The monoisotopic (exact) mass is 241 g/mol. The van der Waals surface area contributed by atoms with Crippen molar-refractivity contribution in [2.24, 2.45) is 5.92 Å². The van der Waals surface area contributed by atoms with E-state index in [9.17, 15) is 8.42 Å². The van der Waals surface area contributed by atoms with Gasteiger partial charge in [-0.3, -0.25) is 0 Å². The van der Waals surface area contributed by atoms with Gasteiger partial charge >= 0.3 is 0 Å². The number of nitrogens with one attached hydrogen (secondary N) is 1. The van der Waals surface area contributed by atoms with Gasteiger partial charge in [0.25, 0.3) is 0 Å². The van der Waals surface area contributed by atoms with Crippen molar-refractivity contribution in [1.82, 2.24) is 5.32 Å². The normalized spacial score (nSPS) is 21.1. The zero-order valence-electron chi connectivity index (χ0n) is 8.89. The number of phenolic OH excluding ortho intramolecular Hbond substituents is 1. The molecule has 1 heterocycles. The molecule has 1 aromatic carbocycles. The van der Waals surface area contributed by atoms with Crippen LogP contribution >= 0.6 is 0 Å². The first-order chi connectivity index (χ1) is 7.58. The molecule has 1 fully saturated rings. The van der Waals surface area contributed by atoms with Crippen LogP contribution in [0.3, 0.4) is 0 Å². The molecular weight excluding hydrogens is 226 g/mol. The standard InChI is InChI=1S/C11H15NO3S/c13-10-1-3-11(4-2-10)16(14,15)8-9-5-6-12-7-9/h1-4,9,12-13H,5-8H2. The Balaban J connectivity index is 2.14. The molecule has 0 amide bonds. The highest BCUT2D eigenvalue weighted by Crippen LogP contribution is 2.19. The number of sulfone groups is 1. The van der Waals surface area contributed by atoms with Gasteiger partial charge in [-0.25, -0.2) is 8.42 Å². The maximum Gasteiger partial charge on any atom is 0.178 e. The van der Waals surface area contributed by atoms with Gasteiger partial charge in [-0.2, -0.15) is 0 Å². The summed E-state index contributed by atoms with van der Waals surface area (Å²) in [6.45, 7) is 1.67. The first-order valence-electron chi connectivity index (χ1n) is 5.30. The minimum absolute atomic E-state index is 0.0847. The van der Waals surface area contributed by atoms with E-state index in [4.69, 9.17) is 5.11 Å². The molecule has 0 aromatic heterocycles. The fourth-order valence-electron chi connectivity index (χ4n) is 1.92. The van der Waals surface area contributed by atoms with E-state index in [-0.39, 0.29) is 22.3 Å². The van der Waals surface area contributed by atoms with Crippen molar-refractivity contribution in [3.8, 4) is 5.75 Å². The van der Waals surface area contributed by atoms with E-state index < -0.39 is 9.84 Å². The lowest BCUT2D eigenvalue weighted by Gasteiger charge is -2.09. The summed E-state index contributed by atoms with van der Waals surface area (Å²) in [6.07, 6.45) is 0.914. The second-order valence-corrected chi connectivity index (χ2v) is 6.17. The molecule has 16 heavy (non-hydrogen) atoms. The van der Waals surface area contributed by atoms with Crippen LogP contribution in [0.1, 0.15) is 6.42 Å². The van der Waals surface area contributed by atoms with Gasteiger partial charge in [0.1, 0.15) is 5.75 Å². The molecule has 2 N–H and O–H groups in total. The molecule has 1 unspecified atom stereocenters. The molecule has 1 aromatic rings. The van der Waals surface area contributed by atoms with Gasteiger partial charge < -0.3 is 10.4 Å². The molecule has 4 nitrogen and oxygen atoms in total. The number of hydrogen-bond acceptors (Lipinski definition) is 4. The van der Waals surface area contributed by atoms with Crippen LogP contribution in [0.2, 0.25) is 0 Å². The highest BCUT2D eigenvalue weighted by Gasteiger charge is 2.23. The fraction of sp³-hybridized carbons (Fsp3) is 0.455. The summed E-state index contributed by atoms with van der Waals surface area (Å²) in [5, 5.41) is 12.3. The Kier molecular flexibility index (Phi) is 3.16. The van der Waals surface area contributed by atoms with Crippen LogP contribution in [0, 0.1) is 5.92 Å². The van der Waals surface area contributed by atoms with Crippen molar-refractivity contribution in [3.63, 3.8) is 0 Å². The Morgan fingerprint density at radius 3 is 2.56 bits per heavy atom. The van der Waals surface area contributed by atoms with Crippen LogP contribution < -0.4 is 5.32 Å². The second-order valence-electron chi connectivity index (χ2n) is 4.13. The summed E-state index contributed by atoms with van der Waals surface area (Å²) in [7, 11) is -3.21. The Morgan fingerprint density at radius 2 is 2.00 bits per heavy atom. The molecule has 88 valence electrons. The van der Waals surface area contributed by atoms with E-state index >= 15 is 0 Å². The lowest BCUT2D eigenvalue weighted by atomic mass is 10.2. The SMILES string of the molecule is O=S(=O)(CC1CCNC1)c1ccc(O)cc1. The number of rotatable bonds is 3. The van der Waals surface area contributed by atoms with Crippen molar-refractivity contribution >= 4 is 9.84 Å². The average Bonchev–Trinajstić information content (AvgIpc) is 2.70. The zero-order chi connectivity index (χ0) is 11.6. The fourth-order valence-corrected chi connectivity index (χ4v) is 3.57. The lowest BCUT2D eigenvalue weighted by molar-refractivity contribution is 0.474. The molecule has 1 aliphatic heterocycles. The van der Waals surface area contributed by atoms with Gasteiger partial charge in [-0.1, -0.05) is 0 Å². The molecule has 0 bridgehead atoms. The number of phenols is 1. The van der Waals surface area contributed by atoms with Gasteiger partial charge in [-0.15, -0.1) is 0 Å². The first kappa shape index (κ1) is 11.4. The van der Waals surface area contributed by atoms with E-state index in [0.29, 0.717) is 0 Å². The molecule has 5 heteroatoms. The molecule has 1 saturated heterocycles. The quantitative estimate of drug-likeness (QED) is 0.820. The molecule has 1 atom stereocenters. The van der Waals surface area contributed by atoms with Gasteiger partial charge in [0.15, 0.2) is 9.84 Å². The van der Waals surface area contributed by atoms with Crippen molar-refractivity contribution in [2.45, 2.75) is 11.3 Å². The summed E-state index contributed by atoms with van der Waals surface area (Å²) >= 11 is 0. The Bertz CT molecular complexity index is 447. The summed E-state index contributed by atoms with van der Waals surface area (Å²) in [4.78, 5) is 0.289. The van der Waals surface area contributed by atoms with Gasteiger partial charge in [0.05, 0.1) is 10.6 Å². The Hall–Kier alpha value is -1.07. The maximum absolute atomic E-state index is 12.0. The van der Waals surface area contributed by atoms with Gasteiger partial charge in [0, 0.05) is 0 Å². The summed E-state index contributed by atoms with van der Waals surface area (Å²) in [6, 6.07) is 5.71. The van der Waals surface area contributed by atoms with Crippen LogP contribution in [0.4, 0.5) is 0 Å². The third-order valence-electron chi connectivity index (χ3n) is 2.81. The molecule has 1 aliphatic rings. The second kappa shape index (κ2) is 4.43. The van der Waals surface area contributed by atoms with Crippen LogP contribution in [0.15, 0.2) is 29.2 Å². The average molecular weight is 241 g/mol. The zero-order valence-corrected chi connectivity index (χ0v) is 9.70. The van der Waals surface area contributed by atoms with Gasteiger partial charge in [-0.05, 0) is 49.7 Å². The Morgan fingerprint density at radius 1 is 1.31 bits per heavy atom. The summed E-state index contributed by atoms with van der Waals surface area (Å²) in [5.41, 5.74) is 0. The third-order valence-corrected chi connectivity index (χ3v) is 4.71. The predicted octanol–water partition coefficient (Wildman–Crippen LogP) is 0.775. The molecule has 0 saturated carbocycles. The van der Waals surface area contributed by atoms with E-state index in [1.165, 1.54) is 24.3 Å². The van der Waals surface area contributed by atoms with Crippen LogP contribution in [-0.4, -0.2) is 32.4 Å². The van der Waals surface area contributed by atoms with Crippen LogP contribution in [-0.2, 0) is 9.84 Å². The minimum Gasteiger partial charge on any atom is -0.508 e. The number of hydrogen-bond donors (Lipinski definition) is 2. The van der Waals surface area contributed by atoms with E-state index in [0.717, 1.165) is 19.5 Å². The van der Waals surface area contributed by atoms with E-state index in [1.807, 2.05) is 0 Å². The summed E-state index contributed by atoms with van der Waals surface area (Å²) in [5.74, 6) is 0.477. The smallest absolute Gasteiger partial charge is 0.178 e. The van der Waals surface area contributed by atoms with Gasteiger partial charge in [0.2, 0.25) is 0 Å². The van der Waals surface area contributed by atoms with E-state index in [2.05, 4.69) is 5.32 Å². The van der Waals surface area contributed by atoms with Crippen LogP contribution in [0.5, 0.6) is 5.75 Å². The van der Waals surface area contributed by atoms with Crippen LogP contribution in [0.25, 0.3) is 0 Å². The molecule has 0 radical (unpaired) electrons. The van der Waals surface area contributed by atoms with E-state index in [1.54, 1.807) is 0 Å². The third kappa shape index (κ3) is 2.54. The van der Waals surface area contributed by atoms with Crippen molar-refractivity contribution < 1.29 is 13.5 Å². The number of benzene rings is 1. The van der Waals surface area contributed by atoms with Crippen molar-refractivity contribution in [1.29, 1.82) is 0 Å². The maximum atomic E-state index is 12.0. The minimum atomic E-state index is -3.21. The highest BCUT2D eigenvalue weighted by atomic mass is 32.2. The van der Waals surface area contributed by atoms with Crippen molar-refractivity contribution in [2.75, 3.05) is 18.8 Å². The van der Waals surface area contributed by atoms with Crippen molar-refractivity contribution in [3.05, 3.63) is 24.3 Å². The predicted molar refractivity (Wildman–Crippen MR) is 61.1 cm³/mol. The molecule has 2 rings (SSSR count). The topological polar surface area (TPSA) is 66.4 Å². The highest BCUT2D eigenvalue weighted by molar-refractivity contribution is 7.91. The largest absolute Gasteiger partial charge is 0.508 e.